The molecule has 6 heteroatoms. The van der Waals surface area contributed by atoms with Gasteiger partial charge in [-0.3, -0.25) is 14.3 Å². The first-order valence-electron chi connectivity index (χ1n) is 11.5. The zero-order valence-corrected chi connectivity index (χ0v) is 19.7. The summed E-state index contributed by atoms with van der Waals surface area (Å²) < 4.78 is 2.24. The molecule has 1 aromatic heterocycles. The highest BCUT2D eigenvalue weighted by atomic mass is 32.2. The number of rotatable bonds is 9. The minimum Gasteiger partial charge on any atom is -0.481 e. The molecule has 1 N–H and O–H groups in total. The number of hydrogen-bond donors (Lipinski definition) is 1. The van der Waals surface area contributed by atoms with Crippen LogP contribution in [0.5, 0.6) is 0 Å². The minimum absolute atomic E-state index is 0.206. The van der Waals surface area contributed by atoms with Gasteiger partial charge in [0, 0.05) is 36.6 Å². The zero-order chi connectivity index (χ0) is 23.3. The van der Waals surface area contributed by atoms with E-state index in [9.17, 15) is 4.79 Å². The van der Waals surface area contributed by atoms with Crippen LogP contribution >= 0.6 is 11.8 Å². The number of para-hydroxylation sites is 1. The molecule has 1 fully saturated rings. The summed E-state index contributed by atoms with van der Waals surface area (Å²) in [5, 5.41) is 10.0. The smallest absolute Gasteiger partial charge is 0.309 e. The molecule has 5 rings (SSSR count). The van der Waals surface area contributed by atoms with E-state index in [1.54, 1.807) is 11.8 Å². The van der Waals surface area contributed by atoms with Gasteiger partial charge in [0.05, 0.1) is 17.8 Å². The van der Waals surface area contributed by atoms with E-state index in [2.05, 4.69) is 82.3 Å². The molecule has 0 amide bonds. The fourth-order valence-electron chi connectivity index (χ4n) is 4.26. The maximum atomic E-state index is 11.0. The van der Waals surface area contributed by atoms with Crippen LogP contribution in [0, 0.1) is 5.92 Å². The molecule has 0 atom stereocenters. The fraction of sp³-hybridized carbons (Fsp3) is 0.214. The standard InChI is InChI=1S/C28H27N3O2S/c32-27(33)24-19-30(20-24)18-22-13-11-21(12-14-22)15-16-34-28-29-17-26(23-7-3-1-4-8-23)31(28)25-9-5-2-6-10-25/h1-14,17,24H,15-16,18-20H2,(H,32,33). The molecule has 0 radical (unpaired) electrons. The molecular weight excluding hydrogens is 442 g/mol. The van der Waals surface area contributed by atoms with Crippen molar-refractivity contribution < 1.29 is 9.90 Å². The van der Waals surface area contributed by atoms with Crippen molar-refractivity contribution in [1.29, 1.82) is 0 Å². The Hall–Kier alpha value is -3.35. The number of nitrogens with zero attached hydrogens (tertiary/aromatic N) is 3. The van der Waals surface area contributed by atoms with Gasteiger partial charge in [-0.1, -0.05) is 84.6 Å². The Balaban J connectivity index is 1.23. The van der Waals surface area contributed by atoms with E-state index in [1.165, 1.54) is 11.1 Å². The number of imidazole rings is 1. The van der Waals surface area contributed by atoms with Gasteiger partial charge in [-0.05, 0) is 29.7 Å². The Morgan fingerprint density at radius 2 is 1.56 bits per heavy atom. The molecule has 0 bridgehead atoms. The van der Waals surface area contributed by atoms with E-state index in [4.69, 9.17) is 10.1 Å². The van der Waals surface area contributed by atoms with E-state index >= 15 is 0 Å². The molecular formula is C28H27N3O2S. The Morgan fingerprint density at radius 3 is 2.24 bits per heavy atom. The summed E-state index contributed by atoms with van der Waals surface area (Å²) in [6.07, 6.45) is 2.92. The SMILES string of the molecule is O=C(O)C1CN(Cc2ccc(CCSc3ncc(-c4ccccc4)n3-c3ccccc3)cc2)C1. The predicted molar refractivity (Wildman–Crippen MR) is 136 cm³/mol. The van der Waals surface area contributed by atoms with Crippen molar-refractivity contribution in [3.8, 4) is 16.9 Å². The van der Waals surface area contributed by atoms with Gasteiger partial charge in [-0.2, -0.15) is 0 Å². The number of thioether (sulfide) groups is 1. The van der Waals surface area contributed by atoms with Gasteiger partial charge in [0.2, 0.25) is 0 Å². The number of aliphatic carboxylic acids is 1. The highest BCUT2D eigenvalue weighted by Crippen LogP contribution is 2.30. The van der Waals surface area contributed by atoms with Crippen LogP contribution in [0.15, 0.2) is 96.3 Å². The third-order valence-corrected chi connectivity index (χ3v) is 7.13. The van der Waals surface area contributed by atoms with E-state index in [1.807, 2.05) is 18.3 Å². The van der Waals surface area contributed by atoms with Crippen molar-refractivity contribution in [2.45, 2.75) is 18.1 Å². The minimum atomic E-state index is -0.687. The number of benzene rings is 3. The predicted octanol–water partition coefficient (Wildman–Crippen LogP) is 5.39. The van der Waals surface area contributed by atoms with Gasteiger partial charge in [0.15, 0.2) is 5.16 Å². The molecule has 1 aliphatic heterocycles. The largest absolute Gasteiger partial charge is 0.481 e. The van der Waals surface area contributed by atoms with Gasteiger partial charge in [-0.15, -0.1) is 0 Å². The van der Waals surface area contributed by atoms with Crippen LogP contribution in [0.2, 0.25) is 0 Å². The first-order valence-corrected chi connectivity index (χ1v) is 12.5. The van der Waals surface area contributed by atoms with Gasteiger partial charge >= 0.3 is 5.97 Å². The van der Waals surface area contributed by atoms with Crippen molar-refractivity contribution in [2.24, 2.45) is 5.92 Å². The van der Waals surface area contributed by atoms with E-state index < -0.39 is 5.97 Å². The van der Waals surface area contributed by atoms with Crippen LogP contribution < -0.4 is 0 Å². The third-order valence-electron chi connectivity index (χ3n) is 6.17. The summed E-state index contributed by atoms with van der Waals surface area (Å²) in [6, 6.07) is 29.5. The van der Waals surface area contributed by atoms with E-state index in [0.29, 0.717) is 13.1 Å². The fourth-order valence-corrected chi connectivity index (χ4v) is 5.24. The molecule has 0 aliphatic carbocycles. The van der Waals surface area contributed by atoms with E-state index in [0.717, 1.165) is 40.8 Å². The average Bonchev–Trinajstić information content (AvgIpc) is 3.27. The lowest BCUT2D eigenvalue weighted by atomic mass is 9.99. The highest BCUT2D eigenvalue weighted by molar-refractivity contribution is 7.99. The topological polar surface area (TPSA) is 58.4 Å². The van der Waals surface area contributed by atoms with Crippen LogP contribution in [0.4, 0.5) is 0 Å². The number of aromatic nitrogens is 2. The number of aryl methyl sites for hydroxylation is 1. The molecule has 4 aromatic rings. The third kappa shape index (κ3) is 5.08. The van der Waals surface area contributed by atoms with E-state index in [-0.39, 0.29) is 5.92 Å². The van der Waals surface area contributed by atoms with Crippen molar-refractivity contribution in [1.82, 2.24) is 14.5 Å². The Morgan fingerprint density at radius 1 is 0.912 bits per heavy atom. The van der Waals surface area contributed by atoms with Gasteiger partial charge < -0.3 is 5.11 Å². The average molecular weight is 470 g/mol. The molecule has 0 saturated carbocycles. The molecule has 5 nitrogen and oxygen atoms in total. The summed E-state index contributed by atoms with van der Waals surface area (Å²) in [5.41, 5.74) is 5.88. The first-order chi connectivity index (χ1) is 16.7. The molecule has 0 spiro atoms. The maximum absolute atomic E-state index is 11.0. The lowest BCUT2D eigenvalue weighted by molar-refractivity contribution is -0.147. The number of likely N-dealkylation sites (tertiary alicyclic amines) is 1. The second-order valence-electron chi connectivity index (χ2n) is 8.61. The quantitative estimate of drug-likeness (QED) is 0.333. The molecule has 1 saturated heterocycles. The summed E-state index contributed by atoms with van der Waals surface area (Å²) in [5.74, 6) is 0.0409. The van der Waals surface area contributed by atoms with Crippen LogP contribution in [-0.4, -0.2) is 44.4 Å². The zero-order valence-electron chi connectivity index (χ0n) is 18.9. The Bertz CT molecular complexity index is 1230. The van der Waals surface area contributed by atoms with Gasteiger partial charge in [-0.25, -0.2) is 4.98 Å². The molecule has 0 unspecified atom stereocenters. The van der Waals surface area contributed by atoms with Crippen molar-refractivity contribution in [3.05, 3.63) is 102 Å². The second kappa shape index (κ2) is 10.3. The highest BCUT2D eigenvalue weighted by Gasteiger charge is 2.32. The second-order valence-corrected chi connectivity index (χ2v) is 9.67. The number of hydrogen-bond acceptors (Lipinski definition) is 4. The Labute approximate surface area is 204 Å². The molecule has 172 valence electrons. The summed E-state index contributed by atoms with van der Waals surface area (Å²) in [4.78, 5) is 17.9. The summed E-state index contributed by atoms with van der Waals surface area (Å²) in [6.45, 7) is 2.11. The molecule has 34 heavy (non-hydrogen) atoms. The van der Waals surface area contributed by atoms with Crippen LogP contribution in [0.3, 0.4) is 0 Å². The summed E-state index contributed by atoms with van der Waals surface area (Å²) >= 11 is 1.77. The normalized spacial score (nSPS) is 14.1. The first kappa shape index (κ1) is 22.4. The van der Waals surface area contributed by atoms with Crippen molar-refractivity contribution in [3.63, 3.8) is 0 Å². The number of carboxylic acids is 1. The molecule has 2 heterocycles. The maximum Gasteiger partial charge on any atom is 0.309 e. The summed E-state index contributed by atoms with van der Waals surface area (Å²) in [7, 11) is 0. The number of carboxylic acid groups (broad SMARTS) is 1. The van der Waals surface area contributed by atoms with Crippen molar-refractivity contribution >= 4 is 17.7 Å². The van der Waals surface area contributed by atoms with Crippen LogP contribution in [0.1, 0.15) is 11.1 Å². The van der Waals surface area contributed by atoms with Gasteiger partial charge in [0.1, 0.15) is 0 Å². The van der Waals surface area contributed by atoms with Crippen molar-refractivity contribution in [2.75, 3.05) is 18.8 Å². The molecule has 3 aromatic carbocycles. The van der Waals surface area contributed by atoms with Crippen LogP contribution in [-0.2, 0) is 17.8 Å². The van der Waals surface area contributed by atoms with Crippen LogP contribution in [0.25, 0.3) is 16.9 Å². The molecule has 1 aliphatic rings. The van der Waals surface area contributed by atoms with Gasteiger partial charge in [0.25, 0.3) is 0 Å². The monoisotopic (exact) mass is 469 g/mol. The lowest BCUT2D eigenvalue weighted by Gasteiger charge is -2.36. The number of carbonyl (C=O) groups is 1. The Kier molecular flexibility index (Phi) is 6.79. The lowest BCUT2D eigenvalue weighted by Crippen LogP contribution is -2.49.